The van der Waals surface area contributed by atoms with E-state index in [2.05, 4.69) is 49.3 Å². The molecule has 0 fully saturated rings. The van der Waals surface area contributed by atoms with E-state index in [1.54, 1.807) is 0 Å². The molecule has 0 aliphatic heterocycles. The molecular weight excluding hydrogens is 345 g/mol. The third-order valence-corrected chi connectivity index (χ3v) is 3.89. The van der Waals surface area contributed by atoms with Crippen LogP contribution in [-0.4, -0.2) is 49.0 Å². The Morgan fingerprint density at radius 1 is 1.41 bits per heavy atom. The van der Waals surface area contributed by atoms with Gasteiger partial charge in [0.05, 0.1) is 0 Å². The van der Waals surface area contributed by atoms with Crippen LogP contribution in [0.3, 0.4) is 0 Å². The molecule has 0 aromatic heterocycles. The molecular formula is C12H28IN3S. The molecule has 1 N–H and O–H groups in total. The number of guanidine groups is 1. The van der Waals surface area contributed by atoms with E-state index in [0.717, 1.165) is 19.0 Å². The SMILES string of the molecule is CCCCN(C)C(=NC)NCC(C)(C)SC.I. The Hall–Kier alpha value is 0.350. The van der Waals surface area contributed by atoms with Gasteiger partial charge in [-0.2, -0.15) is 11.8 Å². The molecule has 0 bridgehead atoms. The van der Waals surface area contributed by atoms with Crippen LogP contribution in [0.1, 0.15) is 33.6 Å². The molecule has 0 aliphatic rings. The van der Waals surface area contributed by atoms with Crippen molar-refractivity contribution in [3.63, 3.8) is 0 Å². The van der Waals surface area contributed by atoms with E-state index in [1.165, 1.54) is 12.8 Å². The van der Waals surface area contributed by atoms with Crippen LogP contribution < -0.4 is 5.32 Å². The summed E-state index contributed by atoms with van der Waals surface area (Å²) in [6, 6.07) is 0. The monoisotopic (exact) mass is 373 g/mol. The average molecular weight is 373 g/mol. The molecule has 17 heavy (non-hydrogen) atoms. The minimum atomic E-state index is 0. The molecule has 0 rings (SSSR count). The van der Waals surface area contributed by atoms with Gasteiger partial charge < -0.3 is 10.2 Å². The van der Waals surface area contributed by atoms with Crippen molar-refractivity contribution in [1.29, 1.82) is 0 Å². The highest BCUT2D eigenvalue weighted by molar-refractivity contribution is 14.0. The van der Waals surface area contributed by atoms with Crippen LogP contribution in [0.5, 0.6) is 0 Å². The van der Waals surface area contributed by atoms with Gasteiger partial charge in [0.15, 0.2) is 5.96 Å². The number of nitrogens with zero attached hydrogens (tertiary/aromatic N) is 2. The van der Waals surface area contributed by atoms with Gasteiger partial charge in [-0.3, -0.25) is 4.99 Å². The number of unbranched alkanes of at least 4 members (excludes halogenated alkanes) is 1. The maximum atomic E-state index is 4.30. The van der Waals surface area contributed by atoms with Crippen molar-refractivity contribution in [2.75, 3.05) is 33.4 Å². The summed E-state index contributed by atoms with van der Waals surface area (Å²) < 4.78 is 0.252. The van der Waals surface area contributed by atoms with Gasteiger partial charge in [-0.25, -0.2) is 0 Å². The summed E-state index contributed by atoms with van der Waals surface area (Å²) in [5, 5.41) is 3.42. The highest BCUT2D eigenvalue weighted by Crippen LogP contribution is 2.19. The van der Waals surface area contributed by atoms with Crippen molar-refractivity contribution in [1.82, 2.24) is 10.2 Å². The lowest BCUT2D eigenvalue weighted by Gasteiger charge is -2.27. The quantitative estimate of drug-likeness (QED) is 0.441. The predicted molar refractivity (Wildman–Crippen MR) is 91.9 cm³/mol. The number of aliphatic imine (C=N–C) groups is 1. The smallest absolute Gasteiger partial charge is 0.193 e. The third kappa shape index (κ3) is 8.99. The third-order valence-electron chi connectivity index (χ3n) is 2.65. The zero-order valence-corrected chi connectivity index (χ0v) is 15.2. The van der Waals surface area contributed by atoms with Crippen LogP contribution in [0, 0.1) is 0 Å². The second kappa shape index (κ2) is 10.3. The fourth-order valence-electron chi connectivity index (χ4n) is 1.25. The summed E-state index contributed by atoms with van der Waals surface area (Å²) in [6.07, 6.45) is 4.58. The molecule has 0 aromatic rings. The standard InChI is InChI=1S/C12H27N3S.HI/c1-7-8-9-15(5)11(13-4)14-10-12(2,3)16-6;/h7-10H2,1-6H3,(H,13,14);1H. The topological polar surface area (TPSA) is 27.6 Å². The Kier molecular flexibility index (Phi) is 11.9. The highest BCUT2D eigenvalue weighted by atomic mass is 127. The lowest BCUT2D eigenvalue weighted by atomic mass is 10.2. The van der Waals surface area contributed by atoms with Gasteiger partial charge >= 0.3 is 0 Å². The predicted octanol–water partition coefficient (Wildman–Crippen LogP) is 3.05. The highest BCUT2D eigenvalue weighted by Gasteiger charge is 2.17. The molecule has 0 spiro atoms. The zero-order valence-electron chi connectivity index (χ0n) is 12.0. The van der Waals surface area contributed by atoms with E-state index in [9.17, 15) is 0 Å². The van der Waals surface area contributed by atoms with E-state index in [1.807, 2.05) is 18.8 Å². The lowest BCUT2D eigenvalue weighted by molar-refractivity contribution is 0.461. The first-order chi connectivity index (χ1) is 7.46. The van der Waals surface area contributed by atoms with E-state index < -0.39 is 0 Å². The van der Waals surface area contributed by atoms with E-state index in [4.69, 9.17) is 0 Å². The van der Waals surface area contributed by atoms with Crippen LogP contribution in [0.2, 0.25) is 0 Å². The number of rotatable bonds is 6. The first-order valence-electron chi connectivity index (χ1n) is 5.93. The molecule has 0 saturated carbocycles. The molecule has 0 radical (unpaired) electrons. The van der Waals surface area contributed by atoms with Crippen molar-refractivity contribution >= 4 is 41.7 Å². The summed E-state index contributed by atoms with van der Waals surface area (Å²) in [7, 11) is 3.94. The second-order valence-corrected chi connectivity index (χ2v) is 6.15. The van der Waals surface area contributed by atoms with Gasteiger partial charge in [-0.05, 0) is 26.5 Å². The molecule has 0 heterocycles. The molecule has 0 saturated heterocycles. The second-order valence-electron chi connectivity index (χ2n) is 4.64. The average Bonchev–Trinajstić information content (AvgIpc) is 2.27. The summed E-state index contributed by atoms with van der Waals surface area (Å²) in [5.74, 6) is 0.996. The van der Waals surface area contributed by atoms with Gasteiger partial charge in [0.25, 0.3) is 0 Å². The van der Waals surface area contributed by atoms with Crippen LogP contribution in [0.15, 0.2) is 4.99 Å². The number of hydrogen-bond acceptors (Lipinski definition) is 2. The largest absolute Gasteiger partial charge is 0.355 e. The van der Waals surface area contributed by atoms with Gasteiger partial charge in [0, 0.05) is 31.9 Å². The molecule has 0 amide bonds. The van der Waals surface area contributed by atoms with Crippen LogP contribution in [-0.2, 0) is 0 Å². The summed E-state index contributed by atoms with van der Waals surface area (Å²) in [4.78, 5) is 6.49. The van der Waals surface area contributed by atoms with Crippen molar-refractivity contribution < 1.29 is 0 Å². The zero-order chi connectivity index (χ0) is 12.6. The maximum Gasteiger partial charge on any atom is 0.193 e. The van der Waals surface area contributed by atoms with Crippen LogP contribution in [0.4, 0.5) is 0 Å². The Labute approximate surface area is 128 Å². The fourth-order valence-corrected chi connectivity index (χ4v) is 1.47. The Morgan fingerprint density at radius 3 is 2.41 bits per heavy atom. The molecule has 0 unspecified atom stereocenters. The normalized spacial score (nSPS) is 12.0. The Bertz CT molecular complexity index is 220. The van der Waals surface area contributed by atoms with E-state index >= 15 is 0 Å². The molecule has 0 atom stereocenters. The van der Waals surface area contributed by atoms with Gasteiger partial charge in [-0.1, -0.05) is 13.3 Å². The maximum absolute atomic E-state index is 4.30. The van der Waals surface area contributed by atoms with Crippen molar-refractivity contribution in [3.8, 4) is 0 Å². The molecule has 0 aromatic carbocycles. The van der Waals surface area contributed by atoms with Crippen molar-refractivity contribution in [2.45, 2.75) is 38.4 Å². The van der Waals surface area contributed by atoms with Crippen molar-refractivity contribution in [2.24, 2.45) is 4.99 Å². The van der Waals surface area contributed by atoms with Crippen LogP contribution >= 0.6 is 35.7 Å². The molecule has 3 nitrogen and oxygen atoms in total. The Balaban J connectivity index is 0. The van der Waals surface area contributed by atoms with Gasteiger partial charge in [0.1, 0.15) is 0 Å². The minimum Gasteiger partial charge on any atom is -0.355 e. The number of nitrogens with one attached hydrogen (secondary N) is 1. The minimum absolute atomic E-state index is 0. The summed E-state index contributed by atoms with van der Waals surface area (Å²) >= 11 is 1.87. The van der Waals surface area contributed by atoms with Gasteiger partial charge in [-0.15, -0.1) is 24.0 Å². The lowest BCUT2D eigenvalue weighted by Crippen LogP contribution is -2.44. The van der Waals surface area contributed by atoms with Gasteiger partial charge in [0.2, 0.25) is 0 Å². The van der Waals surface area contributed by atoms with Crippen LogP contribution in [0.25, 0.3) is 0 Å². The number of halogens is 1. The molecule has 0 aliphatic carbocycles. The first kappa shape index (κ1) is 19.7. The summed E-state index contributed by atoms with van der Waals surface area (Å²) in [6.45, 7) is 8.70. The van der Waals surface area contributed by atoms with E-state index in [0.29, 0.717) is 0 Å². The Morgan fingerprint density at radius 2 is 2.00 bits per heavy atom. The van der Waals surface area contributed by atoms with Crippen molar-refractivity contribution in [3.05, 3.63) is 0 Å². The summed E-state index contributed by atoms with van der Waals surface area (Å²) in [5.41, 5.74) is 0. The number of thioether (sulfide) groups is 1. The number of hydrogen-bond donors (Lipinski definition) is 1. The fraction of sp³-hybridized carbons (Fsp3) is 0.917. The molecule has 5 heteroatoms. The first-order valence-corrected chi connectivity index (χ1v) is 7.16. The van der Waals surface area contributed by atoms with E-state index in [-0.39, 0.29) is 28.7 Å². The molecule has 104 valence electrons.